The van der Waals surface area contributed by atoms with Gasteiger partial charge in [0, 0.05) is 60.4 Å². The molecule has 7 heteroatoms. The van der Waals surface area contributed by atoms with E-state index < -0.39 is 0 Å². The minimum absolute atomic E-state index is 0.197. The fourth-order valence-electron chi connectivity index (χ4n) is 8.10. The maximum atomic E-state index is 14.1. The average Bonchev–Trinajstić information content (AvgIpc) is 3.03. The number of hydrogen-bond acceptors (Lipinski definition) is 4. The van der Waals surface area contributed by atoms with Crippen LogP contribution in [0.2, 0.25) is 0 Å². The molecule has 5 aromatic rings. The summed E-state index contributed by atoms with van der Waals surface area (Å²) in [4.78, 5) is 59.0. The van der Waals surface area contributed by atoms with Crippen molar-refractivity contribution >= 4 is 82.6 Å². The summed E-state index contributed by atoms with van der Waals surface area (Å²) in [5.74, 6) is -1.00. The van der Waals surface area contributed by atoms with E-state index in [0.29, 0.717) is 33.0 Å². The molecule has 0 radical (unpaired) electrons. The van der Waals surface area contributed by atoms with Crippen LogP contribution >= 0.6 is 15.9 Å². The molecule has 0 aromatic heterocycles. The second-order valence-electron chi connectivity index (χ2n) is 13.4. The van der Waals surface area contributed by atoms with Gasteiger partial charge in [-0.15, -0.1) is 0 Å². The molecule has 2 heterocycles. The highest BCUT2D eigenvalue weighted by Gasteiger charge is 2.40. The van der Waals surface area contributed by atoms with Crippen molar-refractivity contribution < 1.29 is 19.2 Å². The number of imide groups is 2. The van der Waals surface area contributed by atoms with Crippen LogP contribution in [0.5, 0.6) is 0 Å². The van der Waals surface area contributed by atoms with Crippen LogP contribution in [-0.2, 0) is 0 Å². The van der Waals surface area contributed by atoms with Crippen LogP contribution in [-0.4, -0.2) is 45.5 Å². The lowest BCUT2D eigenvalue weighted by Gasteiger charge is -2.34. The maximum absolute atomic E-state index is 14.1. The zero-order chi connectivity index (χ0) is 32.6. The van der Waals surface area contributed by atoms with Crippen LogP contribution in [0.1, 0.15) is 126 Å². The molecule has 5 aromatic carbocycles. The predicted octanol–water partition coefficient (Wildman–Crippen LogP) is 9.94. The summed E-state index contributed by atoms with van der Waals surface area (Å²) in [5, 5.41) is 6.73. The Hall–Kier alpha value is -3.84. The molecule has 0 spiro atoms. The third-order valence-electron chi connectivity index (χ3n) is 10.4. The summed E-state index contributed by atoms with van der Waals surface area (Å²) >= 11 is 3.82. The topological polar surface area (TPSA) is 74.8 Å². The van der Waals surface area contributed by atoms with Gasteiger partial charge >= 0.3 is 0 Å². The van der Waals surface area contributed by atoms with E-state index in [1.807, 2.05) is 57.2 Å². The van der Waals surface area contributed by atoms with Crippen LogP contribution in [0.4, 0.5) is 0 Å². The van der Waals surface area contributed by atoms with Gasteiger partial charge in [-0.05, 0) is 85.0 Å². The molecule has 4 amide bonds. The summed E-state index contributed by atoms with van der Waals surface area (Å²) in [6.07, 6.45) is 7.75. The van der Waals surface area contributed by atoms with E-state index in [1.54, 1.807) is 0 Å². The minimum Gasteiger partial charge on any atom is -0.272 e. The maximum Gasteiger partial charge on any atom is 0.261 e. The van der Waals surface area contributed by atoms with E-state index in [4.69, 9.17) is 0 Å². The molecule has 0 bridgehead atoms. The second kappa shape index (κ2) is 11.4. The van der Waals surface area contributed by atoms with Gasteiger partial charge in [0.1, 0.15) is 0 Å². The molecule has 46 heavy (non-hydrogen) atoms. The van der Waals surface area contributed by atoms with Gasteiger partial charge in [-0.1, -0.05) is 80.4 Å². The first-order chi connectivity index (χ1) is 22.1. The molecule has 0 fully saturated rings. The van der Waals surface area contributed by atoms with Crippen molar-refractivity contribution in [2.75, 3.05) is 0 Å². The number of aryl methyl sites for hydroxylation is 1. The average molecular weight is 680 g/mol. The number of benzene rings is 5. The molecule has 0 N–H and O–H groups in total. The Bertz CT molecular complexity index is 1980. The standard InChI is InChI=1S/C39H39BrN2O4/c1-6-8-10-12-21(4)41-36(43)25-17-15-24-33-29(40)19-28-32-26(37(44)42(39(28)46)22(5)13-11-9-7-2)16-14-23(35(32)33)30-20(3)18-27(38(41)45)31(25)34(24)30/h14-19,21-22H,6-13H2,1-5H3. The number of hydrogen-bond donors (Lipinski definition) is 0. The van der Waals surface area contributed by atoms with Crippen LogP contribution < -0.4 is 0 Å². The van der Waals surface area contributed by atoms with E-state index in [0.717, 1.165) is 93.7 Å². The van der Waals surface area contributed by atoms with Crippen LogP contribution in [0, 0.1) is 6.92 Å². The van der Waals surface area contributed by atoms with Crippen LogP contribution in [0.3, 0.4) is 0 Å². The molecule has 236 valence electrons. The fourth-order valence-corrected chi connectivity index (χ4v) is 8.74. The summed E-state index contributed by atoms with van der Waals surface area (Å²) in [7, 11) is 0. The van der Waals surface area contributed by atoms with Gasteiger partial charge in [0.05, 0.1) is 0 Å². The Morgan fingerprint density at radius 1 is 0.565 bits per heavy atom. The zero-order valence-electron chi connectivity index (χ0n) is 27.2. The Morgan fingerprint density at radius 3 is 1.50 bits per heavy atom. The van der Waals surface area contributed by atoms with Crippen molar-refractivity contribution in [2.45, 2.75) is 98.1 Å². The van der Waals surface area contributed by atoms with Gasteiger partial charge in [0.15, 0.2) is 0 Å². The third kappa shape index (κ3) is 4.27. The Kier molecular flexibility index (Phi) is 7.66. The highest BCUT2D eigenvalue weighted by atomic mass is 79.9. The molecule has 0 saturated carbocycles. The van der Waals surface area contributed by atoms with E-state index in [9.17, 15) is 19.2 Å². The molecular formula is C39H39BrN2O4. The van der Waals surface area contributed by atoms with Crippen molar-refractivity contribution in [3.63, 3.8) is 0 Å². The summed E-state index contributed by atoms with van der Waals surface area (Å²) in [6.45, 7) is 10.2. The lowest BCUT2D eigenvalue weighted by Crippen LogP contribution is -2.46. The van der Waals surface area contributed by atoms with Crippen LogP contribution in [0.15, 0.2) is 40.9 Å². The highest BCUT2D eigenvalue weighted by Crippen LogP contribution is 2.49. The highest BCUT2D eigenvalue weighted by molar-refractivity contribution is 9.10. The normalized spacial score (nSPS) is 16.2. The monoisotopic (exact) mass is 678 g/mol. The van der Waals surface area contributed by atoms with E-state index in [-0.39, 0.29) is 35.7 Å². The number of nitrogens with zero attached hydrogens (tertiary/aromatic N) is 2. The summed E-state index contributed by atoms with van der Waals surface area (Å²) < 4.78 is 0.748. The predicted molar refractivity (Wildman–Crippen MR) is 188 cm³/mol. The van der Waals surface area contributed by atoms with Crippen LogP contribution in [0.25, 0.3) is 43.1 Å². The molecule has 7 rings (SSSR count). The first-order valence-corrected chi connectivity index (χ1v) is 17.6. The molecule has 0 saturated heterocycles. The molecular weight excluding hydrogens is 640 g/mol. The molecule has 6 nitrogen and oxygen atoms in total. The van der Waals surface area contributed by atoms with Crippen molar-refractivity contribution in [3.05, 3.63) is 68.7 Å². The van der Waals surface area contributed by atoms with E-state index in [1.165, 1.54) is 9.80 Å². The Morgan fingerprint density at radius 2 is 1.00 bits per heavy atom. The van der Waals surface area contributed by atoms with Gasteiger partial charge in [0.2, 0.25) is 0 Å². The number of rotatable bonds is 10. The molecule has 2 aliphatic heterocycles. The number of carbonyl (C=O) groups excluding carboxylic acids is 4. The lowest BCUT2D eigenvalue weighted by atomic mass is 9.80. The summed E-state index contributed by atoms with van der Waals surface area (Å²) in [6, 6.07) is 11.1. The van der Waals surface area contributed by atoms with E-state index >= 15 is 0 Å². The number of halogens is 1. The van der Waals surface area contributed by atoms with E-state index in [2.05, 4.69) is 29.8 Å². The fraction of sp³-hybridized carbons (Fsp3) is 0.385. The summed E-state index contributed by atoms with van der Waals surface area (Å²) in [5.41, 5.74) is 3.08. The second-order valence-corrected chi connectivity index (χ2v) is 14.2. The number of fused-ring (bicyclic) bond motifs is 2. The smallest absolute Gasteiger partial charge is 0.261 e. The Labute approximate surface area is 277 Å². The van der Waals surface area contributed by atoms with Gasteiger partial charge in [0.25, 0.3) is 23.6 Å². The minimum atomic E-state index is -0.261. The van der Waals surface area contributed by atoms with Crippen molar-refractivity contribution in [1.29, 1.82) is 0 Å². The number of unbranched alkanes of at least 4 members (excludes halogenated alkanes) is 4. The van der Waals surface area contributed by atoms with Crippen molar-refractivity contribution in [3.8, 4) is 0 Å². The van der Waals surface area contributed by atoms with Gasteiger partial charge in [-0.3, -0.25) is 29.0 Å². The zero-order valence-corrected chi connectivity index (χ0v) is 28.8. The molecule has 0 aliphatic carbocycles. The number of amides is 4. The third-order valence-corrected chi connectivity index (χ3v) is 11.0. The van der Waals surface area contributed by atoms with Gasteiger partial charge in [-0.25, -0.2) is 0 Å². The first-order valence-electron chi connectivity index (χ1n) is 16.8. The van der Waals surface area contributed by atoms with Gasteiger partial charge in [-0.2, -0.15) is 0 Å². The number of carbonyl (C=O) groups is 4. The molecule has 2 atom stereocenters. The first kappa shape index (κ1) is 30.8. The van der Waals surface area contributed by atoms with Crippen molar-refractivity contribution in [2.24, 2.45) is 0 Å². The molecule has 2 aliphatic rings. The van der Waals surface area contributed by atoms with Crippen molar-refractivity contribution in [1.82, 2.24) is 9.80 Å². The lowest BCUT2D eigenvalue weighted by molar-refractivity contribution is 0.0526. The largest absolute Gasteiger partial charge is 0.272 e. The Balaban J connectivity index is 1.47. The van der Waals surface area contributed by atoms with Gasteiger partial charge < -0.3 is 0 Å². The SMILES string of the molecule is CCCCCC(C)N1C(=O)c2ccc3c4c(Br)cc5c6c(ccc(c7c(C)cc(c2c37)C1=O)c64)C(=O)N(C(C)CCCCC)C5=O. The quantitative estimate of drug-likeness (QED) is 0.0638. The molecule has 2 unspecified atom stereocenters.